The molecule has 0 aromatic heterocycles. The first kappa shape index (κ1) is 13.3. The zero-order valence-corrected chi connectivity index (χ0v) is 9.95. The third-order valence-corrected chi connectivity index (χ3v) is 3.35. The second-order valence-corrected chi connectivity index (χ2v) is 4.96. The Morgan fingerprint density at radius 1 is 1.47 bits per heavy atom. The Morgan fingerprint density at radius 3 is 2.59 bits per heavy atom. The summed E-state index contributed by atoms with van der Waals surface area (Å²) in [5, 5.41) is 0. The van der Waals surface area contributed by atoms with E-state index in [0.29, 0.717) is 5.75 Å². The number of benzene rings is 1. The van der Waals surface area contributed by atoms with Crippen molar-refractivity contribution < 1.29 is 17.9 Å². The lowest BCUT2D eigenvalue weighted by Gasteiger charge is -2.08. The van der Waals surface area contributed by atoms with Gasteiger partial charge in [-0.1, -0.05) is 0 Å². The zero-order valence-electron chi connectivity index (χ0n) is 9.14. The fourth-order valence-corrected chi connectivity index (χ4v) is 2.16. The summed E-state index contributed by atoms with van der Waals surface area (Å²) in [5.41, 5.74) is 10.6. The van der Waals surface area contributed by atoms with Gasteiger partial charge in [0.1, 0.15) is 5.75 Å². The summed E-state index contributed by atoms with van der Waals surface area (Å²) in [5.74, 6) is -0.395. The van der Waals surface area contributed by atoms with Crippen LogP contribution in [0.4, 0.5) is 5.69 Å². The summed E-state index contributed by atoms with van der Waals surface area (Å²) < 4.78 is 30.3. The molecule has 1 aromatic rings. The van der Waals surface area contributed by atoms with Crippen molar-refractivity contribution in [2.45, 2.75) is 4.90 Å². The number of hydrogen-bond acceptors (Lipinski definition) is 5. The average molecular weight is 259 g/mol. The van der Waals surface area contributed by atoms with E-state index in [-0.39, 0.29) is 10.6 Å². The van der Waals surface area contributed by atoms with Crippen LogP contribution < -0.4 is 20.9 Å². The van der Waals surface area contributed by atoms with Crippen molar-refractivity contribution >= 4 is 21.6 Å². The molecule has 0 fully saturated rings. The zero-order chi connectivity index (χ0) is 13.1. The molecule has 0 saturated heterocycles. The molecule has 0 saturated carbocycles. The number of carbonyl (C=O) groups is 1. The van der Waals surface area contributed by atoms with Gasteiger partial charge in [-0.25, -0.2) is 13.1 Å². The summed E-state index contributed by atoms with van der Waals surface area (Å²) in [7, 11) is -2.37. The van der Waals surface area contributed by atoms with Crippen LogP contribution in [-0.4, -0.2) is 28.0 Å². The van der Waals surface area contributed by atoms with Crippen molar-refractivity contribution in [3.05, 3.63) is 18.2 Å². The number of primary amides is 1. The van der Waals surface area contributed by atoms with Gasteiger partial charge in [0.25, 0.3) is 0 Å². The summed E-state index contributed by atoms with van der Waals surface area (Å²) in [6.07, 6.45) is 0. The molecule has 0 aliphatic rings. The van der Waals surface area contributed by atoms with Crippen LogP contribution in [0.1, 0.15) is 0 Å². The summed E-state index contributed by atoms with van der Waals surface area (Å²) >= 11 is 0. The monoisotopic (exact) mass is 259 g/mol. The molecule has 7 nitrogen and oxygen atoms in total. The number of hydrogen-bond donors (Lipinski definition) is 3. The van der Waals surface area contributed by atoms with E-state index >= 15 is 0 Å². The number of carbonyl (C=O) groups excluding carboxylic acids is 1. The predicted octanol–water partition coefficient (Wildman–Crippen LogP) is -0.959. The normalized spacial score (nSPS) is 11.1. The Bertz CT molecular complexity index is 527. The van der Waals surface area contributed by atoms with Crippen LogP contribution in [0, 0.1) is 0 Å². The highest BCUT2D eigenvalue weighted by atomic mass is 32.2. The van der Waals surface area contributed by atoms with Crippen molar-refractivity contribution in [2.24, 2.45) is 5.73 Å². The lowest BCUT2D eigenvalue weighted by Crippen LogP contribution is -2.33. The Labute approximate surface area is 98.8 Å². The summed E-state index contributed by atoms with van der Waals surface area (Å²) in [6.45, 7) is -0.464. The largest absolute Gasteiger partial charge is 0.495 e. The fraction of sp³-hybridized carbons (Fsp3) is 0.222. The topological polar surface area (TPSA) is 125 Å². The van der Waals surface area contributed by atoms with Gasteiger partial charge >= 0.3 is 0 Å². The molecule has 1 rings (SSSR count). The highest BCUT2D eigenvalue weighted by Gasteiger charge is 2.16. The molecule has 0 unspecified atom stereocenters. The van der Waals surface area contributed by atoms with Crippen LogP contribution in [0.3, 0.4) is 0 Å². The molecule has 17 heavy (non-hydrogen) atoms. The van der Waals surface area contributed by atoms with E-state index in [4.69, 9.17) is 16.2 Å². The summed E-state index contributed by atoms with van der Waals surface area (Å²) in [4.78, 5) is 10.4. The molecule has 5 N–H and O–H groups in total. The third kappa shape index (κ3) is 3.33. The number of sulfonamides is 1. The molecule has 1 amide bonds. The summed E-state index contributed by atoms with van der Waals surface area (Å²) in [6, 6.07) is 3.98. The number of amides is 1. The van der Waals surface area contributed by atoms with Crippen LogP contribution in [0.2, 0.25) is 0 Å². The molecule has 0 bridgehead atoms. The number of anilines is 1. The van der Waals surface area contributed by atoms with E-state index in [2.05, 4.69) is 0 Å². The Hall–Kier alpha value is -1.80. The second-order valence-electron chi connectivity index (χ2n) is 3.19. The molecule has 94 valence electrons. The van der Waals surface area contributed by atoms with Crippen LogP contribution >= 0.6 is 0 Å². The van der Waals surface area contributed by atoms with Gasteiger partial charge in [-0.2, -0.15) is 0 Å². The quantitative estimate of drug-likeness (QED) is 0.587. The minimum Gasteiger partial charge on any atom is -0.495 e. The molecule has 1 aromatic carbocycles. The molecule has 8 heteroatoms. The smallest absolute Gasteiger partial charge is 0.241 e. The molecule has 0 aliphatic carbocycles. The molecular formula is C9H13N3O4S. The number of methoxy groups -OCH3 is 1. The SMILES string of the molecule is COc1ccc(S(=O)(=O)NCC(N)=O)cc1N. The first-order chi connectivity index (χ1) is 7.86. The fourth-order valence-electron chi connectivity index (χ4n) is 1.13. The van der Waals surface area contributed by atoms with Crippen LogP contribution in [-0.2, 0) is 14.8 Å². The second kappa shape index (κ2) is 5.02. The molecule has 0 aliphatic heterocycles. The maximum Gasteiger partial charge on any atom is 0.241 e. The van der Waals surface area contributed by atoms with Gasteiger partial charge in [0.05, 0.1) is 24.2 Å². The van der Waals surface area contributed by atoms with E-state index in [1.54, 1.807) is 0 Å². The number of ether oxygens (including phenoxy) is 1. The Kier molecular flexibility index (Phi) is 3.92. The standard InChI is InChI=1S/C9H13N3O4S/c1-16-8-3-2-6(4-7(8)10)17(14,15)12-5-9(11)13/h2-4,12H,5,10H2,1H3,(H2,11,13). The first-order valence-corrected chi connectivity index (χ1v) is 6.06. The van der Waals surface area contributed by atoms with Crippen molar-refractivity contribution in [3.63, 3.8) is 0 Å². The maximum absolute atomic E-state index is 11.7. The number of nitrogens with two attached hydrogens (primary N) is 2. The van der Waals surface area contributed by atoms with Gasteiger partial charge in [-0.3, -0.25) is 4.79 Å². The van der Waals surface area contributed by atoms with E-state index < -0.39 is 22.5 Å². The highest BCUT2D eigenvalue weighted by molar-refractivity contribution is 7.89. The number of nitrogen functional groups attached to an aromatic ring is 1. The molecule has 0 atom stereocenters. The van der Waals surface area contributed by atoms with E-state index in [1.165, 1.54) is 25.3 Å². The van der Waals surface area contributed by atoms with Gasteiger partial charge in [-0.15, -0.1) is 0 Å². The predicted molar refractivity (Wildman–Crippen MR) is 61.8 cm³/mol. The van der Waals surface area contributed by atoms with Gasteiger partial charge < -0.3 is 16.2 Å². The minimum atomic E-state index is -3.79. The Morgan fingerprint density at radius 2 is 2.12 bits per heavy atom. The lowest BCUT2D eigenvalue weighted by molar-refractivity contribution is -0.116. The van der Waals surface area contributed by atoms with Crippen molar-refractivity contribution in [1.82, 2.24) is 4.72 Å². The van der Waals surface area contributed by atoms with Crippen molar-refractivity contribution in [3.8, 4) is 5.75 Å². The van der Waals surface area contributed by atoms with E-state index in [9.17, 15) is 13.2 Å². The Balaban J connectivity index is 2.99. The van der Waals surface area contributed by atoms with Crippen LogP contribution in [0.15, 0.2) is 23.1 Å². The first-order valence-electron chi connectivity index (χ1n) is 4.58. The third-order valence-electron chi connectivity index (χ3n) is 1.95. The van der Waals surface area contributed by atoms with Gasteiger partial charge in [0.15, 0.2) is 0 Å². The van der Waals surface area contributed by atoms with E-state index in [0.717, 1.165) is 0 Å². The van der Waals surface area contributed by atoms with Gasteiger partial charge in [0, 0.05) is 0 Å². The maximum atomic E-state index is 11.7. The van der Waals surface area contributed by atoms with Crippen LogP contribution in [0.25, 0.3) is 0 Å². The average Bonchev–Trinajstić information content (AvgIpc) is 2.26. The molecule has 0 radical (unpaired) electrons. The van der Waals surface area contributed by atoms with Gasteiger partial charge in [-0.05, 0) is 18.2 Å². The van der Waals surface area contributed by atoms with Crippen molar-refractivity contribution in [1.29, 1.82) is 0 Å². The van der Waals surface area contributed by atoms with Gasteiger partial charge in [0.2, 0.25) is 15.9 Å². The van der Waals surface area contributed by atoms with Crippen molar-refractivity contribution in [2.75, 3.05) is 19.4 Å². The van der Waals surface area contributed by atoms with E-state index in [1.807, 2.05) is 4.72 Å². The molecule has 0 spiro atoms. The highest BCUT2D eigenvalue weighted by Crippen LogP contribution is 2.23. The number of rotatable bonds is 5. The molecule has 0 heterocycles. The number of nitrogens with one attached hydrogen (secondary N) is 1. The van der Waals surface area contributed by atoms with Crippen LogP contribution in [0.5, 0.6) is 5.75 Å². The molecular weight excluding hydrogens is 246 g/mol. The minimum absolute atomic E-state index is 0.0583. The lowest BCUT2D eigenvalue weighted by atomic mass is 10.3.